The predicted molar refractivity (Wildman–Crippen MR) is 128 cm³/mol. The number of phenols is 4. The van der Waals surface area contributed by atoms with Gasteiger partial charge >= 0.3 is 12.4 Å². The van der Waals surface area contributed by atoms with Gasteiger partial charge in [0.25, 0.3) is 0 Å². The van der Waals surface area contributed by atoms with Crippen molar-refractivity contribution in [1.82, 2.24) is 0 Å². The maximum atomic E-state index is 13.6. The average Bonchev–Trinajstić information content (AvgIpc) is 2.83. The second kappa shape index (κ2) is 11.0. The zero-order chi connectivity index (χ0) is 28.1. The topological polar surface area (TPSA) is 80.9 Å². The van der Waals surface area contributed by atoms with E-state index in [-0.39, 0.29) is 11.5 Å². The zero-order valence-corrected chi connectivity index (χ0v) is 19.5. The van der Waals surface area contributed by atoms with Gasteiger partial charge in [-0.25, -0.2) is 0 Å². The number of rotatable bonds is 4. The minimum Gasteiger partial charge on any atom is -0.508 e. The van der Waals surface area contributed by atoms with E-state index in [0.29, 0.717) is 24.3 Å². The van der Waals surface area contributed by atoms with Crippen molar-refractivity contribution in [3.8, 4) is 23.0 Å². The van der Waals surface area contributed by atoms with E-state index in [1.54, 1.807) is 24.3 Å². The molecule has 0 aliphatic rings. The van der Waals surface area contributed by atoms with Crippen LogP contribution in [0.5, 0.6) is 23.0 Å². The first kappa shape index (κ1) is 28.2. The van der Waals surface area contributed by atoms with Gasteiger partial charge in [-0.1, -0.05) is 48.5 Å². The molecule has 4 N–H and O–H groups in total. The highest BCUT2D eigenvalue weighted by Crippen LogP contribution is 2.56. The fraction of sp³-hybridized carbons (Fsp3) is 0.143. The van der Waals surface area contributed by atoms with Gasteiger partial charge in [-0.3, -0.25) is 0 Å². The Balaban J connectivity index is 0.000000230. The summed E-state index contributed by atoms with van der Waals surface area (Å²) >= 11 is 0. The van der Waals surface area contributed by atoms with Crippen molar-refractivity contribution in [3.63, 3.8) is 0 Å². The normalized spacial score (nSPS) is 11.9. The van der Waals surface area contributed by atoms with E-state index in [9.17, 15) is 26.3 Å². The van der Waals surface area contributed by atoms with Crippen LogP contribution >= 0.6 is 0 Å². The second-order valence-electron chi connectivity index (χ2n) is 8.35. The summed E-state index contributed by atoms with van der Waals surface area (Å²) < 4.78 is 81.6. The first-order valence-corrected chi connectivity index (χ1v) is 11.0. The molecule has 0 aromatic heterocycles. The lowest BCUT2D eigenvalue weighted by Gasteiger charge is -2.38. The van der Waals surface area contributed by atoms with E-state index in [1.165, 1.54) is 0 Å². The number of halogens is 6. The van der Waals surface area contributed by atoms with E-state index in [1.807, 2.05) is 24.3 Å². The number of hydrogen-bond donors (Lipinski definition) is 4. The summed E-state index contributed by atoms with van der Waals surface area (Å²) in [6, 6.07) is 19.6. The summed E-state index contributed by atoms with van der Waals surface area (Å²) in [5.74, 6) is -0.357. The smallest absolute Gasteiger partial charge is 0.411 e. The minimum absolute atomic E-state index is 0.282. The summed E-state index contributed by atoms with van der Waals surface area (Å²) in [5.41, 5.74) is -4.17. The number of hydrogen-bond acceptors (Lipinski definition) is 4. The molecule has 0 spiro atoms. The third-order valence-electron chi connectivity index (χ3n) is 5.73. The second-order valence-corrected chi connectivity index (χ2v) is 8.35. The molecule has 0 radical (unpaired) electrons. The Morgan fingerprint density at radius 2 is 0.632 bits per heavy atom. The van der Waals surface area contributed by atoms with Crippen LogP contribution in [0.1, 0.15) is 22.3 Å². The summed E-state index contributed by atoms with van der Waals surface area (Å²) in [6.45, 7) is 0. The molecule has 0 saturated carbocycles. The molecule has 4 aromatic carbocycles. The molecule has 200 valence electrons. The van der Waals surface area contributed by atoms with Crippen LogP contribution in [0.15, 0.2) is 97.1 Å². The number of benzene rings is 4. The van der Waals surface area contributed by atoms with Crippen molar-refractivity contribution < 1.29 is 46.8 Å². The quantitative estimate of drug-likeness (QED) is 0.208. The molecule has 0 atom stereocenters. The van der Waals surface area contributed by atoms with Gasteiger partial charge in [0.2, 0.25) is 5.41 Å². The molecular weight excluding hydrogens is 514 g/mol. The Morgan fingerprint density at radius 3 is 0.868 bits per heavy atom. The third kappa shape index (κ3) is 6.13. The molecule has 4 rings (SSSR count). The van der Waals surface area contributed by atoms with Crippen LogP contribution in [-0.2, 0) is 11.8 Å². The van der Waals surface area contributed by atoms with Gasteiger partial charge in [-0.05, 0) is 77.2 Å². The molecule has 0 unspecified atom stereocenters. The fourth-order valence-corrected chi connectivity index (χ4v) is 3.87. The lowest BCUT2D eigenvalue weighted by molar-refractivity contribution is -0.288. The van der Waals surface area contributed by atoms with Crippen molar-refractivity contribution in [2.45, 2.75) is 24.2 Å². The molecule has 4 aromatic rings. The maximum absolute atomic E-state index is 13.6. The van der Waals surface area contributed by atoms with Crippen LogP contribution in [0.4, 0.5) is 26.3 Å². The molecule has 4 nitrogen and oxygen atoms in total. The molecule has 0 saturated heterocycles. The number of alkyl halides is 6. The zero-order valence-electron chi connectivity index (χ0n) is 19.5. The van der Waals surface area contributed by atoms with Gasteiger partial charge in [-0.2, -0.15) is 26.3 Å². The van der Waals surface area contributed by atoms with Crippen LogP contribution < -0.4 is 0 Å². The lowest BCUT2D eigenvalue weighted by Crippen LogP contribution is -2.54. The molecule has 0 aliphatic carbocycles. The van der Waals surface area contributed by atoms with E-state index < -0.39 is 40.4 Å². The van der Waals surface area contributed by atoms with Crippen LogP contribution in [0.25, 0.3) is 0 Å². The average molecular weight is 536 g/mol. The SMILES string of the molecule is Oc1ccc(C(c2ccc(O)cc2)(C(F)(F)F)C(F)(F)F)cc1.Oc1ccc(Cc2ccc(O)cc2)cc1. The monoisotopic (exact) mass is 536 g/mol. The molecule has 0 amide bonds. The standard InChI is InChI=1S/C15H10F6O2.C13H12O2/c16-14(17,18)13(15(19,20)21,9-1-5-11(22)6-2-9)10-3-7-12(23)8-4-10;14-12-5-1-10(2-6-12)9-11-3-7-13(15)8-4-11/h1-8,22-23H;1-8,14-15H,9H2. The van der Waals surface area contributed by atoms with Crippen LogP contribution in [0.3, 0.4) is 0 Å². The largest absolute Gasteiger partial charge is 0.508 e. The van der Waals surface area contributed by atoms with Gasteiger partial charge in [0.05, 0.1) is 0 Å². The van der Waals surface area contributed by atoms with E-state index in [2.05, 4.69) is 0 Å². The highest BCUT2D eigenvalue weighted by atomic mass is 19.4. The van der Waals surface area contributed by atoms with Gasteiger partial charge in [0.15, 0.2) is 0 Å². The summed E-state index contributed by atoms with van der Waals surface area (Å²) in [7, 11) is 0. The third-order valence-corrected chi connectivity index (χ3v) is 5.73. The predicted octanol–water partition coefficient (Wildman–Crippen LogP) is 7.20. The van der Waals surface area contributed by atoms with Crippen LogP contribution in [-0.4, -0.2) is 32.8 Å². The Hall–Kier alpha value is -4.34. The molecule has 0 fully saturated rings. The summed E-state index contributed by atoms with van der Waals surface area (Å²) in [4.78, 5) is 0. The maximum Gasteiger partial charge on any atom is 0.411 e. The van der Waals surface area contributed by atoms with Gasteiger partial charge in [0.1, 0.15) is 23.0 Å². The summed E-state index contributed by atoms with van der Waals surface area (Å²) in [6.07, 6.45) is -10.6. The first-order chi connectivity index (χ1) is 17.7. The first-order valence-electron chi connectivity index (χ1n) is 11.0. The number of phenolic OH excluding ortho intramolecular Hbond substituents is 4. The molecule has 0 aliphatic heterocycles. The highest BCUT2D eigenvalue weighted by Gasteiger charge is 2.72. The molecular formula is C28H22F6O4. The van der Waals surface area contributed by atoms with Gasteiger partial charge in [-0.15, -0.1) is 0 Å². The minimum atomic E-state index is -5.70. The Morgan fingerprint density at radius 1 is 0.395 bits per heavy atom. The molecule has 0 heterocycles. The highest BCUT2D eigenvalue weighted by molar-refractivity contribution is 5.46. The molecule has 0 bridgehead atoms. The van der Waals surface area contributed by atoms with Crippen molar-refractivity contribution in [2.75, 3.05) is 0 Å². The Labute approximate surface area is 213 Å². The number of aromatic hydroxyl groups is 4. The van der Waals surface area contributed by atoms with Gasteiger partial charge < -0.3 is 20.4 Å². The van der Waals surface area contributed by atoms with Crippen molar-refractivity contribution in [2.24, 2.45) is 0 Å². The van der Waals surface area contributed by atoms with Crippen molar-refractivity contribution in [3.05, 3.63) is 119 Å². The van der Waals surface area contributed by atoms with E-state index in [0.717, 1.165) is 41.8 Å². The lowest BCUT2D eigenvalue weighted by atomic mass is 9.73. The molecule has 10 heteroatoms. The van der Waals surface area contributed by atoms with Crippen molar-refractivity contribution in [1.29, 1.82) is 0 Å². The van der Waals surface area contributed by atoms with E-state index >= 15 is 0 Å². The van der Waals surface area contributed by atoms with Crippen LogP contribution in [0, 0.1) is 0 Å². The van der Waals surface area contributed by atoms with Gasteiger partial charge in [0, 0.05) is 0 Å². The molecule has 38 heavy (non-hydrogen) atoms. The van der Waals surface area contributed by atoms with Crippen LogP contribution in [0.2, 0.25) is 0 Å². The Bertz CT molecular complexity index is 1210. The fourth-order valence-electron chi connectivity index (χ4n) is 3.87. The summed E-state index contributed by atoms with van der Waals surface area (Å²) in [5, 5.41) is 36.5. The van der Waals surface area contributed by atoms with Crippen molar-refractivity contribution >= 4 is 0 Å². The van der Waals surface area contributed by atoms with E-state index in [4.69, 9.17) is 20.4 Å². The Kier molecular flexibility index (Phi) is 8.14.